The van der Waals surface area contributed by atoms with Crippen LogP contribution in [-0.2, 0) is 16.4 Å². The molecule has 3 rings (SSSR count). The zero-order valence-corrected chi connectivity index (χ0v) is 16.1. The van der Waals surface area contributed by atoms with Crippen LogP contribution in [0.25, 0.3) is 10.8 Å². The number of pyridine rings is 1. The quantitative estimate of drug-likeness (QED) is 0.565. The second-order valence-corrected chi connectivity index (χ2v) is 8.32. The van der Waals surface area contributed by atoms with E-state index < -0.39 is 21.7 Å². The van der Waals surface area contributed by atoms with Gasteiger partial charge in [-0.3, -0.25) is 4.98 Å². The number of halogens is 2. The van der Waals surface area contributed by atoms with E-state index in [2.05, 4.69) is 15.0 Å². The van der Waals surface area contributed by atoms with Crippen LogP contribution in [0.3, 0.4) is 0 Å². The lowest BCUT2D eigenvalue weighted by atomic mass is 10.1. The molecule has 0 aliphatic heterocycles. The first-order chi connectivity index (χ1) is 13.3. The van der Waals surface area contributed by atoms with Crippen molar-refractivity contribution in [3.8, 4) is 0 Å². The summed E-state index contributed by atoms with van der Waals surface area (Å²) in [5.41, 5.74) is 0.672. The highest BCUT2D eigenvalue weighted by atomic mass is 32.2. The Morgan fingerprint density at radius 3 is 2.64 bits per heavy atom. The first-order valence-electron chi connectivity index (χ1n) is 8.86. The van der Waals surface area contributed by atoms with Gasteiger partial charge >= 0.3 is 0 Å². The molecule has 3 aromatic rings. The van der Waals surface area contributed by atoms with Gasteiger partial charge in [0, 0.05) is 30.4 Å². The van der Waals surface area contributed by atoms with Crippen molar-refractivity contribution >= 4 is 20.8 Å². The molecule has 0 amide bonds. The molecule has 0 aliphatic rings. The third kappa shape index (κ3) is 5.09. The van der Waals surface area contributed by atoms with Crippen molar-refractivity contribution < 1.29 is 17.2 Å². The standard InChI is InChI=1S/C20H21F2N3O2S/c1-14(12-23-8-6-15-2-5-19(21)20(22)10-15)25-28(26,27)18-4-3-17-13-24-9-7-16(17)11-18/h2-5,7,9-11,13-14,23,25H,6,8,12H2,1H3/t14-/m1/s1. The molecule has 148 valence electrons. The Hall–Kier alpha value is -2.42. The predicted molar refractivity (Wildman–Crippen MR) is 104 cm³/mol. The average molecular weight is 405 g/mol. The maximum atomic E-state index is 13.2. The van der Waals surface area contributed by atoms with Crippen molar-refractivity contribution in [2.75, 3.05) is 13.1 Å². The minimum Gasteiger partial charge on any atom is -0.315 e. The molecule has 0 bridgehead atoms. The molecule has 2 N–H and O–H groups in total. The van der Waals surface area contributed by atoms with Crippen LogP contribution in [0.4, 0.5) is 8.78 Å². The number of rotatable bonds is 8. The highest BCUT2D eigenvalue weighted by Gasteiger charge is 2.17. The number of sulfonamides is 1. The van der Waals surface area contributed by atoms with Gasteiger partial charge in [0.2, 0.25) is 10.0 Å². The van der Waals surface area contributed by atoms with E-state index in [1.807, 2.05) is 0 Å². The smallest absolute Gasteiger partial charge is 0.240 e. The molecule has 8 heteroatoms. The maximum absolute atomic E-state index is 13.2. The lowest BCUT2D eigenvalue weighted by molar-refractivity contribution is 0.506. The first-order valence-corrected chi connectivity index (χ1v) is 10.3. The largest absolute Gasteiger partial charge is 0.315 e. The van der Waals surface area contributed by atoms with Crippen LogP contribution in [0.2, 0.25) is 0 Å². The Balaban J connectivity index is 1.52. The second kappa shape index (κ2) is 8.72. The number of benzene rings is 2. The monoisotopic (exact) mass is 405 g/mol. The van der Waals surface area contributed by atoms with Gasteiger partial charge in [0.05, 0.1) is 4.90 Å². The lowest BCUT2D eigenvalue weighted by Gasteiger charge is -2.15. The molecule has 0 unspecified atom stereocenters. The zero-order chi connectivity index (χ0) is 20.1. The van der Waals surface area contributed by atoms with E-state index >= 15 is 0 Å². The van der Waals surface area contributed by atoms with E-state index in [1.165, 1.54) is 12.1 Å². The summed E-state index contributed by atoms with van der Waals surface area (Å²) in [6, 6.07) is 10.1. The molecule has 1 atom stereocenters. The van der Waals surface area contributed by atoms with Crippen LogP contribution >= 0.6 is 0 Å². The van der Waals surface area contributed by atoms with Crippen molar-refractivity contribution in [3.63, 3.8) is 0 Å². The number of nitrogens with one attached hydrogen (secondary N) is 2. The second-order valence-electron chi connectivity index (χ2n) is 6.61. The molecule has 2 aromatic carbocycles. The Morgan fingerprint density at radius 1 is 1.04 bits per heavy atom. The molecule has 0 spiro atoms. The third-order valence-electron chi connectivity index (χ3n) is 4.30. The molecular weight excluding hydrogens is 384 g/mol. The maximum Gasteiger partial charge on any atom is 0.240 e. The minimum absolute atomic E-state index is 0.194. The molecule has 5 nitrogen and oxygen atoms in total. The Kier molecular flexibility index (Phi) is 6.33. The molecular formula is C20H21F2N3O2S. The summed E-state index contributed by atoms with van der Waals surface area (Å²) in [6.07, 6.45) is 3.81. The van der Waals surface area contributed by atoms with Crippen LogP contribution in [-0.4, -0.2) is 32.5 Å². The van der Waals surface area contributed by atoms with E-state index in [1.54, 1.807) is 43.6 Å². The van der Waals surface area contributed by atoms with Gasteiger partial charge in [-0.25, -0.2) is 21.9 Å². The van der Waals surface area contributed by atoms with E-state index in [0.29, 0.717) is 25.1 Å². The van der Waals surface area contributed by atoms with Crippen molar-refractivity contribution in [2.24, 2.45) is 0 Å². The lowest BCUT2D eigenvalue weighted by Crippen LogP contribution is -2.40. The van der Waals surface area contributed by atoms with Crippen LogP contribution < -0.4 is 10.0 Å². The van der Waals surface area contributed by atoms with E-state index in [4.69, 9.17) is 0 Å². The molecule has 1 heterocycles. The summed E-state index contributed by atoms with van der Waals surface area (Å²) < 4.78 is 53.9. The number of nitrogens with zero attached hydrogens (tertiary/aromatic N) is 1. The van der Waals surface area contributed by atoms with Gasteiger partial charge in [0.1, 0.15) is 0 Å². The van der Waals surface area contributed by atoms with Gasteiger partial charge in [0.15, 0.2) is 11.6 Å². The van der Waals surface area contributed by atoms with Crippen molar-refractivity contribution in [3.05, 3.63) is 72.1 Å². The third-order valence-corrected chi connectivity index (χ3v) is 5.89. The Bertz CT molecular complexity index is 1070. The van der Waals surface area contributed by atoms with Crippen LogP contribution in [0.5, 0.6) is 0 Å². The van der Waals surface area contributed by atoms with Gasteiger partial charge < -0.3 is 5.32 Å². The van der Waals surface area contributed by atoms with Gasteiger partial charge in [-0.2, -0.15) is 0 Å². The summed E-state index contributed by atoms with van der Waals surface area (Å²) in [5.74, 6) is -1.74. The van der Waals surface area contributed by atoms with Gasteiger partial charge in [0.25, 0.3) is 0 Å². The summed E-state index contributed by atoms with van der Waals surface area (Å²) in [4.78, 5) is 4.21. The normalized spacial score (nSPS) is 13.0. The SMILES string of the molecule is C[C@H](CNCCc1ccc(F)c(F)c1)NS(=O)(=O)c1ccc2cnccc2c1. The summed E-state index contributed by atoms with van der Waals surface area (Å²) in [5, 5.41) is 4.79. The van der Waals surface area contributed by atoms with Crippen molar-refractivity contribution in [2.45, 2.75) is 24.3 Å². The first kappa shape index (κ1) is 20.3. The zero-order valence-electron chi connectivity index (χ0n) is 15.3. The van der Waals surface area contributed by atoms with Crippen molar-refractivity contribution in [1.82, 2.24) is 15.0 Å². The fraction of sp³-hybridized carbons (Fsp3) is 0.250. The Morgan fingerprint density at radius 2 is 1.86 bits per heavy atom. The molecule has 0 saturated heterocycles. The van der Waals surface area contributed by atoms with Gasteiger partial charge in [-0.1, -0.05) is 12.1 Å². The highest BCUT2D eigenvalue weighted by molar-refractivity contribution is 7.89. The summed E-state index contributed by atoms with van der Waals surface area (Å²) in [7, 11) is -3.65. The topological polar surface area (TPSA) is 71.1 Å². The number of fused-ring (bicyclic) bond motifs is 1. The van der Waals surface area contributed by atoms with E-state index in [-0.39, 0.29) is 10.9 Å². The summed E-state index contributed by atoms with van der Waals surface area (Å²) in [6.45, 7) is 2.67. The predicted octanol–water partition coefficient (Wildman–Crippen LogP) is 3.01. The highest BCUT2D eigenvalue weighted by Crippen LogP contribution is 2.18. The Labute approximate surface area is 162 Å². The number of aromatic nitrogens is 1. The van der Waals surface area contributed by atoms with Gasteiger partial charge in [-0.05, 0) is 61.2 Å². The van der Waals surface area contributed by atoms with Crippen molar-refractivity contribution in [1.29, 1.82) is 0 Å². The summed E-state index contributed by atoms with van der Waals surface area (Å²) >= 11 is 0. The van der Waals surface area contributed by atoms with E-state index in [0.717, 1.165) is 16.8 Å². The van der Waals surface area contributed by atoms with Crippen LogP contribution in [0.1, 0.15) is 12.5 Å². The fourth-order valence-electron chi connectivity index (χ4n) is 2.85. The molecule has 0 aliphatic carbocycles. The fourth-order valence-corrected chi connectivity index (χ4v) is 4.13. The molecule has 0 saturated carbocycles. The minimum atomic E-state index is -3.65. The number of hydrogen-bond acceptors (Lipinski definition) is 4. The molecule has 28 heavy (non-hydrogen) atoms. The van der Waals surface area contributed by atoms with Crippen LogP contribution in [0, 0.1) is 11.6 Å². The molecule has 0 radical (unpaired) electrons. The number of hydrogen-bond donors (Lipinski definition) is 2. The van der Waals surface area contributed by atoms with E-state index in [9.17, 15) is 17.2 Å². The van der Waals surface area contributed by atoms with Crippen LogP contribution in [0.15, 0.2) is 59.8 Å². The molecule has 1 aromatic heterocycles. The van der Waals surface area contributed by atoms with Gasteiger partial charge in [-0.15, -0.1) is 0 Å². The average Bonchev–Trinajstić information content (AvgIpc) is 2.67. The molecule has 0 fully saturated rings.